The molecule has 2 rings (SSSR count). The minimum Gasteiger partial charge on any atom is -0.302 e. The Labute approximate surface area is 108 Å². The summed E-state index contributed by atoms with van der Waals surface area (Å²) in [6, 6.07) is 7.57. The summed E-state index contributed by atoms with van der Waals surface area (Å²) in [4.78, 5) is 22.5. The number of halogens is 1. The Morgan fingerprint density at radius 3 is 2.82 bits per heavy atom. The number of rotatable bonds is 3. The lowest BCUT2D eigenvalue weighted by atomic mass is 10.1. The summed E-state index contributed by atoms with van der Waals surface area (Å²) >= 11 is 3.45. The number of carbonyl (C=O) groups excluding carboxylic acids is 2. The number of carbonyl (C=O) groups is 2. The van der Waals surface area contributed by atoms with E-state index in [2.05, 4.69) is 26.6 Å². The number of amides is 2. The van der Waals surface area contributed by atoms with Crippen molar-refractivity contribution >= 4 is 27.7 Å². The molecule has 1 saturated heterocycles. The first kappa shape index (κ1) is 12.3. The molecule has 1 atom stereocenters. The molecule has 0 saturated carbocycles. The third kappa shape index (κ3) is 3.14. The van der Waals surface area contributed by atoms with Crippen molar-refractivity contribution in [3.8, 4) is 0 Å². The molecule has 1 aromatic carbocycles. The average Bonchev–Trinajstić information content (AvgIpc) is 2.30. The molecular weight excluding hydrogens is 284 g/mol. The van der Waals surface area contributed by atoms with Gasteiger partial charge in [0.2, 0.25) is 11.8 Å². The molecule has 1 unspecified atom stereocenters. The lowest BCUT2D eigenvalue weighted by molar-refractivity contribution is -0.134. The van der Waals surface area contributed by atoms with Crippen LogP contribution in [0.4, 0.5) is 0 Å². The monoisotopic (exact) mass is 296 g/mol. The van der Waals surface area contributed by atoms with Crippen molar-refractivity contribution in [2.24, 2.45) is 0 Å². The number of hydrogen-bond donors (Lipinski definition) is 2. The fourth-order valence-electron chi connectivity index (χ4n) is 1.76. The van der Waals surface area contributed by atoms with Gasteiger partial charge in [0.15, 0.2) is 0 Å². The van der Waals surface area contributed by atoms with Crippen molar-refractivity contribution in [2.75, 3.05) is 0 Å². The van der Waals surface area contributed by atoms with Gasteiger partial charge in [0.25, 0.3) is 0 Å². The van der Waals surface area contributed by atoms with E-state index >= 15 is 0 Å². The number of nitrogens with one attached hydrogen (secondary N) is 2. The van der Waals surface area contributed by atoms with Crippen LogP contribution in [0.3, 0.4) is 0 Å². The molecule has 0 aliphatic carbocycles. The maximum absolute atomic E-state index is 11.5. The third-order valence-corrected chi connectivity index (χ3v) is 3.51. The predicted molar refractivity (Wildman–Crippen MR) is 67.2 cm³/mol. The SMILES string of the molecule is O=C1CCC(NCc2ccccc2Br)C(=O)N1. The molecule has 4 nitrogen and oxygen atoms in total. The zero-order valence-corrected chi connectivity index (χ0v) is 10.8. The Morgan fingerprint density at radius 2 is 2.12 bits per heavy atom. The van der Waals surface area contributed by atoms with E-state index in [1.54, 1.807) is 0 Å². The molecule has 2 amide bonds. The normalized spacial score (nSPS) is 20.2. The fourth-order valence-corrected chi connectivity index (χ4v) is 2.19. The van der Waals surface area contributed by atoms with Crippen LogP contribution in [-0.4, -0.2) is 17.9 Å². The van der Waals surface area contributed by atoms with Gasteiger partial charge in [0, 0.05) is 17.4 Å². The maximum atomic E-state index is 11.5. The van der Waals surface area contributed by atoms with Gasteiger partial charge in [0.1, 0.15) is 0 Å². The molecule has 0 bridgehead atoms. The third-order valence-electron chi connectivity index (χ3n) is 2.74. The first-order valence-corrected chi connectivity index (χ1v) is 6.26. The number of piperidine rings is 1. The molecule has 1 fully saturated rings. The van der Waals surface area contributed by atoms with Crippen LogP contribution in [-0.2, 0) is 16.1 Å². The van der Waals surface area contributed by atoms with Crippen molar-refractivity contribution in [3.05, 3.63) is 34.3 Å². The lowest BCUT2D eigenvalue weighted by Crippen LogP contribution is -2.50. The predicted octanol–water partition coefficient (Wildman–Crippen LogP) is 1.34. The second kappa shape index (κ2) is 5.42. The van der Waals surface area contributed by atoms with E-state index < -0.39 is 0 Å². The van der Waals surface area contributed by atoms with Gasteiger partial charge in [-0.15, -0.1) is 0 Å². The lowest BCUT2D eigenvalue weighted by Gasteiger charge is -2.22. The van der Waals surface area contributed by atoms with Crippen LogP contribution in [0, 0.1) is 0 Å². The summed E-state index contributed by atoms with van der Waals surface area (Å²) < 4.78 is 1.01. The quantitative estimate of drug-likeness (QED) is 0.828. The minimum absolute atomic E-state index is 0.186. The Hall–Kier alpha value is -1.20. The van der Waals surface area contributed by atoms with Crippen molar-refractivity contribution in [1.29, 1.82) is 0 Å². The highest BCUT2D eigenvalue weighted by Crippen LogP contribution is 2.16. The first-order chi connectivity index (χ1) is 8.16. The molecule has 17 heavy (non-hydrogen) atoms. The molecule has 0 spiro atoms. The van der Waals surface area contributed by atoms with E-state index in [9.17, 15) is 9.59 Å². The smallest absolute Gasteiger partial charge is 0.243 e. The van der Waals surface area contributed by atoms with Crippen LogP contribution in [0.1, 0.15) is 18.4 Å². The highest BCUT2D eigenvalue weighted by molar-refractivity contribution is 9.10. The zero-order valence-electron chi connectivity index (χ0n) is 9.20. The van der Waals surface area contributed by atoms with Crippen molar-refractivity contribution < 1.29 is 9.59 Å². The van der Waals surface area contributed by atoms with Crippen LogP contribution in [0.15, 0.2) is 28.7 Å². The van der Waals surface area contributed by atoms with Crippen LogP contribution in [0.2, 0.25) is 0 Å². The molecule has 0 aromatic heterocycles. The Bertz CT molecular complexity index is 448. The van der Waals surface area contributed by atoms with Crippen LogP contribution in [0.5, 0.6) is 0 Å². The molecule has 1 aliphatic rings. The fraction of sp³-hybridized carbons (Fsp3) is 0.333. The Kier molecular flexibility index (Phi) is 3.91. The summed E-state index contributed by atoms with van der Waals surface area (Å²) in [5.41, 5.74) is 1.09. The molecule has 1 heterocycles. The zero-order chi connectivity index (χ0) is 12.3. The van der Waals surface area contributed by atoms with Crippen molar-refractivity contribution in [2.45, 2.75) is 25.4 Å². The molecule has 2 N–H and O–H groups in total. The van der Waals surface area contributed by atoms with Crippen LogP contribution >= 0.6 is 15.9 Å². The van der Waals surface area contributed by atoms with Gasteiger partial charge in [-0.3, -0.25) is 14.9 Å². The van der Waals surface area contributed by atoms with Gasteiger partial charge in [-0.05, 0) is 18.1 Å². The molecule has 5 heteroatoms. The standard InChI is InChI=1S/C12H13BrN2O2/c13-9-4-2-1-3-8(9)7-14-10-5-6-11(16)15-12(10)17/h1-4,10,14H,5-7H2,(H,15,16,17). The number of hydrogen-bond acceptors (Lipinski definition) is 3. The molecule has 90 valence electrons. The van der Waals surface area contributed by atoms with Gasteiger partial charge in [-0.25, -0.2) is 0 Å². The average molecular weight is 297 g/mol. The van der Waals surface area contributed by atoms with E-state index in [0.29, 0.717) is 19.4 Å². The summed E-state index contributed by atoms with van der Waals surface area (Å²) in [7, 11) is 0. The largest absolute Gasteiger partial charge is 0.302 e. The number of benzene rings is 1. The van der Waals surface area contributed by atoms with Gasteiger partial charge in [-0.2, -0.15) is 0 Å². The van der Waals surface area contributed by atoms with Gasteiger partial charge in [0.05, 0.1) is 6.04 Å². The number of imide groups is 1. The van der Waals surface area contributed by atoms with E-state index in [4.69, 9.17) is 0 Å². The van der Waals surface area contributed by atoms with E-state index in [0.717, 1.165) is 10.0 Å². The summed E-state index contributed by atoms with van der Waals surface area (Å²) in [5.74, 6) is -0.415. The van der Waals surface area contributed by atoms with Gasteiger partial charge < -0.3 is 5.32 Å². The van der Waals surface area contributed by atoms with E-state index in [-0.39, 0.29) is 17.9 Å². The minimum atomic E-state index is -0.278. The van der Waals surface area contributed by atoms with Gasteiger partial charge >= 0.3 is 0 Å². The highest BCUT2D eigenvalue weighted by atomic mass is 79.9. The Balaban J connectivity index is 1.92. The Morgan fingerprint density at radius 1 is 1.35 bits per heavy atom. The molecule has 0 radical (unpaired) electrons. The topological polar surface area (TPSA) is 58.2 Å². The van der Waals surface area contributed by atoms with Crippen LogP contribution < -0.4 is 10.6 Å². The van der Waals surface area contributed by atoms with Crippen molar-refractivity contribution in [3.63, 3.8) is 0 Å². The van der Waals surface area contributed by atoms with Crippen molar-refractivity contribution in [1.82, 2.24) is 10.6 Å². The maximum Gasteiger partial charge on any atom is 0.243 e. The second-order valence-corrected chi connectivity index (χ2v) is 4.83. The van der Waals surface area contributed by atoms with Crippen LogP contribution in [0.25, 0.3) is 0 Å². The summed E-state index contributed by atoms with van der Waals surface area (Å²) in [5, 5.41) is 5.48. The molecular formula is C12H13BrN2O2. The molecule has 1 aromatic rings. The summed E-state index contributed by atoms with van der Waals surface area (Å²) in [6.07, 6.45) is 0.967. The summed E-state index contributed by atoms with van der Waals surface area (Å²) in [6.45, 7) is 0.605. The highest BCUT2D eigenvalue weighted by Gasteiger charge is 2.25. The second-order valence-electron chi connectivity index (χ2n) is 3.98. The van der Waals surface area contributed by atoms with Gasteiger partial charge in [-0.1, -0.05) is 34.1 Å². The molecule has 1 aliphatic heterocycles. The van der Waals surface area contributed by atoms with E-state index in [1.807, 2.05) is 24.3 Å². The van der Waals surface area contributed by atoms with E-state index in [1.165, 1.54) is 0 Å². The first-order valence-electron chi connectivity index (χ1n) is 5.47.